The van der Waals surface area contributed by atoms with Gasteiger partial charge in [0, 0.05) is 0 Å². The van der Waals surface area contributed by atoms with Crippen molar-refractivity contribution in [3.8, 4) is 0 Å². The molecule has 1 aliphatic carbocycles. The molecule has 0 aliphatic heterocycles. The minimum Gasteiger partial charge on any atom is -0.392 e. The Kier molecular flexibility index (Phi) is 1.09. The highest BCUT2D eigenvalue weighted by Crippen LogP contribution is 2.02. The van der Waals surface area contributed by atoms with E-state index in [0.29, 0.717) is 5.70 Å². The van der Waals surface area contributed by atoms with Crippen LogP contribution in [0.15, 0.2) is 34.9 Å². The van der Waals surface area contributed by atoms with Gasteiger partial charge in [-0.3, -0.25) is 0 Å². The molecule has 40 valence electrons. The number of allylic oxidation sites excluding steroid dienone is 3. The Labute approximate surface area is 48.5 Å². The number of rotatable bonds is 0. The third-order valence-corrected chi connectivity index (χ3v) is 1.05. The van der Waals surface area contributed by atoms with E-state index in [4.69, 9.17) is 5.73 Å². The molecule has 0 radical (unpaired) electrons. The van der Waals surface area contributed by atoms with Gasteiger partial charge < -0.3 is 5.73 Å². The fraction of sp³-hybridized carbons (Fsp3) is 0.143. The maximum Gasteiger partial charge on any atom is 0.0860 e. The molecule has 0 bridgehead atoms. The summed E-state index contributed by atoms with van der Waals surface area (Å²) < 4.78 is 0. The molecule has 0 saturated heterocycles. The van der Waals surface area contributed by atoms with Crippen molar-refractivity contribution < 1.29 is 0 Å². The molecular weight excluding hydrogens is 98.1 g/mol. The first-order chi connectivity index (χ1) is 3.80. The Morgan fingerprint density at radius 3 is 2.75 bits per heavy atom. The molecule has 0 amide bonds. The summed E-state index contributed by atoms with van der Waals surface area (Å²) in [4.78, 5) is 0. The van der Waals surface area contributed by atoms with Gasteiger partial charge in [-0.25, -0.2) is 0 Å². The minimum atomic E-state index is 0.688. The van der Waals surface area contributed by atoms with Crippen LogP contribution in [0.4, 0.5) is 0 Å². The Hall–Kier alpha value is -1.16. The highest BCUT2D eigenvalue weighted by Gasteiger charge is 1.90. The molecule has 1 heteroatoms. The van der Waals surface area contributed by atoms with Crippen LogP contribution < -0.4 is 5.73 Å². The molecule has 8 heavy (non-hydrogen) atoms. The lowest BCUT2D eigenvalue weighted by atomic mass is 10.2. The fourth-order valence-corrected chi connectivity index (χ4v) is 0.474. The summed E-state index contributed by atoms with van der Waals surface area (Å²) in [7, 11) is 0. The van der Waals surface area contributed by atoms with Crippen LogP contribution in [-0.4, -0.2) is 0 Å². The standard InChI is InChI=1S/C7H7N/c1-6-4-2-3-5-7(6)8/h2,4H,8H2,1H3. The van der Waals surface area contributed by atoms with Gasteiger partial charge in [0.25, 0.3) is 0 Å². The summed E-state index contributed by atoms with van der Waals surface area (Å²) >= 11 is 0. The third kappa shape index (κ3) is 0.737. The normalized spacial score (nSPS) is 15.6. The van der Waals surface area contributed by atoms with Crippen LogP contribution in [0.3, 0.4) is 0 Å². The molecule has 1 aliphatic rings. The van der Waals surface area contributed by atoms with Crippen molar-refractivity contribution in [1.29, 1.82) is 0 Å². The molecule has 0 unspecified atom stereocenters. The lowest BCUT2D eigenvalue weighted by Gasteiger charge is -1.94. The van der Waals surface area contributed by atoms with Gasteiger partial charge in [-0.1, -0.05) is 5.73 Å². The summed E-state index contributed by atoms with van der Waals surface area (Å²) in [5, 5.41) is 0. The lowest BCUT2D eigenvalue weighted by Crippen LogP contribution is -1.96. The number of hydrogen-bond donors (Lipinski definition) is 1. The van der Waals surface area contributed by atoms with Crippen LogP contribution in [-0.2, 0) is 0 Å². The molecule has 0 spiro atoms. The quantitative estimate of drug-likeness (QED) is 0.459. The Morgan fingerprint density at radius 1 is 1.62 bits per heavy atom. The minimum absolute atomic E-state index is 0.688. The molecule has 0 atom stereocenters. The molecule has 0 aromatic carbocycles. The lowest BCUT2D eigenvalue weighted by molar-refractivity contribution is 1.29. The van der Waals surface area contributed by atoms with Crippen molar-refractivity contribution in [3.63, 3.8) is 0 Å². The van der Waals surface area contributed by atoms with Crippen LogP contribution in [0.25, 0.3) is 0 Å². The SMILES string of the molecule is CC1=CC=C=C=C1N. The molecule has 0 fully saturated rings. The van der Waals surface area contributed by atoms with Gasteiger partial charge in [0.1, 0.15) is 0 Å². The Balaban J connectivity index is 3.14. The van der Waals surface area contributed by atoms with Crippen LogP contribution >= 0.6 is 0 Å². The zero-order valence-corrected chi connectivity index (χ0v) is 4.73. The second-order valence-electron chi connectivity index (χ2n) is 1.70. The van der Waals surface area contributed by atoms with E-state index < -0.39 is 0 Å². The third-order valence-electron chi connectivity index (χ3n) is 1.05. The zero-order valence-electron chi connectivity index (χ0n) is 4.73. The first-order valence-electron chi connectivity index (χ1n) is 2.45. The Morgan fingerprint density at radius 2 is 2.38 bits per heavy atom. The van der Waals surface area contributed by atoms with E-state index in [9.17, 15) is 0 Å². The van der Waals surface area contributed by atoms with Gasteiger partial charge in [0.2, 0.25) is 0 Å². The molecule has 2 N–H and O–H groups in total. The molecule has 0 heterocycles. The first kappa shape index (κ1) is 4.99. The maximum atomic E-state index is 5.43. The van der Waals surface area contributed by atoms with Crippen LogP contribution in [0, 0.1) is 0 Å². The van der Waals surface area contributed by atoms with Gasteiger partial charge in [0.05, 0.1) is 5.70 Å². The molecule has 0 aromatic rings. The van der Waals surface area contributed by atoms with Gasteiger partial charge in [-0.2, -0.15) is 0 Å². The molecular formula is C7H7N. The second-order valence-corrected chi connectivity index (χ2v) is 1.70. The molecule has 1 nitrogen and oxygen atoms in total. The predicted octanol–water partition coefficient (Wildman–Crippen LogP) is 1.10. The van der Waals surface area contributed by atoms with Crippen molar-refractivity contribution in [2.24, 2.45) is 5.73 Å². The predicted molar refractivity (Wildman–Crippen MR) is 33.1 cm³/mol. The van der Waals surface area contributed by atoms with E-state index in [1.54, 1.807) is 6.08 Å². The summed E-state index contributed by atoms with van der Waals surface area (Å²) in [6.07, 6.45) is 3.71. The largest absolute Gasteiger partial charge is 0.392 e. The number of nitrogens with two attached hydrogens (primary N) is 1. The molecule has 1 rings (SSSR count). The zero-order chi connectivity index (χ0) is 5.98. The van der Waals surface area contributed by atoms with E-state index in [1.165, 1.54) is 0 Å². The summed E-state index contributed by atoms with van der Waals surface area (Å²) in [5.74, 6) is 0. The number of hydrogen-bond acceptors (Lipinski definition) is 1. The van der Waals surface area contributed by atoms with Gasteiger partial charge in [-0.15, -0.1) is 0 Å². The van der Waals surface area contributed by atoms with Crippen molar-refractivity contribution in [2.45, 2.75) is 6.92 Å². The van der Waals surface area contributed by atoms with E-state index in [-0.39, 0.29) is 0 Å². The highest BCUT2D eigenvalue weighted by atomic mass is 14.6. The monoisotopic (exact) mass is 105 g/mol. The topological polar surface area (TPSA) is 26.0 Å². The second kappa shape index (κ2) is 1.75. The van der Waals surface area contributed by atoms with Crippen LogP contribution in [0.1, 0.15) is 6.92 Å². The van der Waals surface area contributed by atoms with Gasteiger partial charge >= 0.3 is 0 Å². The summed E-state index contributed by atoms with van der Waals surface area (Å²) in [6.45, 7) is 1.94. The summed E-state index contributed by atoms with van der Waals surface area (Å²) in [5.41, 5.74) is 12.7. The van der Waals surface area contributed by atoms with Crippen LogP contribution in [0.2, 0.25) is 0 Å². The van der Waals surface area contributed by atoms with Gasteiger partial charge in [0.15, 0.2) is 0 Å². The average molecular weight is 105 g/mol. The average Bonchev–Trinajstić information content (AvgIpc) is 1.77. The smallest absolute Gasteiger partial charge is 0.0860 e. The fourth-order valence-electron chi connectivity index (χ4n) is 0.474. The summed E-state index contributed by atoms with van der Waals surface area (Å²) in [6, 6.07) is 0. The van der Waals surface area contributed by atoms with Crippen molar-refractivity contribution >= 4 is 0 Å². The highest BCUT2D eigenvalue weighted by molar-refractivity contribution is 5.31. The van der Waals surface area contributed by atoms with Crippen LogP contribution in [0.5, 0.6) is 0 Å². The molecule has 0 saturated carbocycles. The maximum absolute atomic E-state index is 5.43. The molecule has 0 aromatic heterocycles. The van der Waals surface area contributed by atoms with Gasteiger partial charge in [-0.05, 0) is 30.4 Å². The van der Waals surface area contributed by atoms with Crippen molar-refractivity contribution in [2.75, 3.05) is 0 Å². The van der Waals surface area contributed by atoms with E-state index in [1.807, 2.05) is 13.0 Å². The first-order valence-corrected chi connectivity index (χ1v) is 2.45. The van der Waals surface area contributed by atoms with E-state index in [0.717, 1.165) is 5.57 Å². The Bertz CT molecular complexity index is 221. The van der Waals surface area contributed by atoms with Crippen molar-refractivity contribution in [3.05, 3.63) is 34.9 Å². The van der Waals surface area contributed by atoms with Crippen molar-refractivity contribution in [1.82, 2.24) is 0 Å². The van der Waals surface area contributed by atoms with E-state index in [2.05, 4.69) is 11.5 Å². The van der Waals surface area contributed by atoms with E-state index >= 15 is 0 Å².